The van der Waals surface area contributed by atoms with E-state index in [2.05, 4.69) is 110 Å². The number of rotatable bonds is 4. The van der Waals surface area contributed by atoms with Crippen LogP contribution in [0.15, 0.2) is 138 Å². The van der Waals surface area contributed by atoms with Gasteiger partial charge in [0.15, 0.2) is 11.6 Å². The standard InChI is InChI=1S/C40H27N3OS/c1-24-10-2-3-11-27(24)39-41-38(42-40(43-39)32-16-9-18-34-36(32)31-13-4-6-17-33(31)44-34)26-22-20-25(21-23-26)28-14-8-15-30-29-12-5-7-19-35(29)45-37(28)30/h2-24,27H,1H3. The van der Waals surface area contributed by atoms with Gasteiger partial charge in [0.2, 0.25) is 0 Å². The van der Waals surface area contributed by atoms with Gasteiger partial charge in [-0.15, -0.1) is 11.3 Å². The monoisotopic (exact) mass is 597 g/mol. The van der Waals surface area contributed by atoms with Crippen LogP contribution in [0.25, 0.3) is 76.0 Å². The minimum atomic E-state index is 0.0561. The van der Waals surface area contributed by atoms with E-state index in [1.54, 1.807) is 0 Å². The van der Waals surface area contributed by atoms with E-state index in [0.717, 1.165) is 38.9 Å². The smallest absolute Gasteiger partial charge is 0.164 e. The van der Waals surface area contributed by atoms with Crippen LogP contribution in [-0.4, -0.2) is 15.0 Å². The summed E-state index contributed by atoms with van der Waals surface area (Å²) in [5, 5.41) is 4.69. The maximum absolute atomic E-state index is 6.21. The van der Waals surface area contributed by atoms with Crippen molar-refractivity contribution in [2.45, 2.75) is 12.8 Å². The lowest BCUT2D eigenvalue weighted by atomic mass is 9.89. The zero-order valence-electron chi connectivity index (χ0n) is 24.5. The van der Waals surface area contributed by atoms with Gasteiger partial charge in [0.1, 0.15) is 17.0 Å². The van der Waals surface area contributed by atoms with Crippen LogP contribution in [0, 0.1) is 5.92 Å². The number of benzene rings is 5. The van der Waals surface area contributed by atoms with E-state index in [1.807, 2.05) is 41.7 Å². The number of hydrogen-bond donors (Lipinski definition) is 0. The Morgan fingerprint density at radius 2 is 1.27 bits per heavy atom. The number of aromatic nitrogens is 3. The van der Waals surface area contributed by atoms with Crippen LogP contribution in [0.4, 0.5) is 0 Å². The van der Waals surface area contributed by atoms with Gasteiger partial charge in [-0.3, -0.25) is 0 Å². The summed E-state index contributed by atoms with van der Waals surface area (Å²) in [6.45, 7) is 2.21. The molecule has 3 aromatic heterocycles. The molecule has 3 heterocycles. The molecule has 5 aromatic carbocycles. The number of furan rings is 1. The van der Waals surface area contributed by atoms with Gasteiger partial charge in [-0.25, -0.2) is 15.0 Å². The van der Waals surface area contributed by atoms with Crippen molar-refractivity contribution in [1.29, 1.82) is 0 Å². The largest absolute Gasteiger partial charge is 0.456 e. The SMILES string of the molecule is CC1C=CC=CC1c1nc(-c2ccc(-c3cccc4c3sc3ccccc34)cc2)nc(-c2cccc3oc4ccccc4c23)n1. The molecule has 0 amide bonds. The molecule has 0 aliphatic heterocycles. The van der Waals surface area contributed by atoms with E-state index >= 15 is 0 Å². The van der Waals surface area contributed by atoms with E-state index in [0.29, 0.717) is 11.6 Å². The van der Waals surface area contributed by atoms with Crippen molar-refractivity contribution in [3.63, 3.8) is 0 Å². The summed E-state index contributed by atoms with van der Waals surface area (Å²) in [7, 11) is 0. The predicted molar refractivity (Wildman–Crippen MR) is 186 cm³/mol. The highest BCUT2D eigenvalue weighted by atomic mass is 32.1. The molecule has 45 heavy (non-hydrogen) atoms. The summed E-state index contributed by atoms with van der Waals surface area (Å²) in [5.74, 6) is 2.42. The molecular formula is C40H27N3OS. The molecule has 2 unspecified atom stereocenters. The second kappa shape index (κ2) is 10.4. The normalized spacial score (nSPS) is 16.4. The lowest BCUT2D eigenvalue weighted by Gasteiger charge is -2.20. The second-order valence-corrected chi connectivity index (χ2v) is 12.7. The summed E-state index contributed by atoms with van der Waals surface area (Å²) in [5.41, 5.74) is 5.99. The first-order valence-electron chi connectivity index (χ1n) is 15.2. The molecule has 8 aromatic rings. The highest BCUT2D eigenvalue weighted by molar-refractivity contribution is 7.26. The summed E-state index contributed by atoms with van der Waals surface area (Å²) in [4.78, 5) is 15.3. The Kier molecular flexibility index (Phi) is 6.00. The molecule has 2 atom stereocenters. The Morgan fingerprint density at radius 1 is 0.578 bits per heavy atom. The number of thiophene rings is 1. The number of allylic oxidation sites excluding steroid dienone is 4. The van der Waals surface area contributed by atoms with Gasteiger partial charge in [-0.2, -0.15) is 0 Å². The molecule has 0 saturated carbocycles. The van der Waals surface area contributed by atoms with E-state index in [-0.39, 0.29) is 11.8 Å². The van der Waals surface area contributed by atoms with Crippen molar-refractivity contribution in [1.82, 2.24) is 15.0 Å². The molecule has 0 fully saturated rings. The molecule has 5 heteroatoms. The lowest BCUT2D eigenvalue weighted by molar-refractivity contribution is 0.600. The number of fused-ring (bicyclic) bond motifs is 6. The van der Waals surface area contributed by atoms with Gasteiger partial charge < -0.3 is 4.42 Å². The number of hydrogen-bond acceptors (Lipinski definition) is 5. The quantitative estimate of drug-likeness (QED) is 0.202. The van der Waals surface area contributed by atoms with Crippen LogP contribution in [0.5, 0.6) is 0 Å². The zero-order chi connectivity index (χ0) is 29.9. The number of para-hydroxylation sites is 1. The third-order valence-corrected chi connectivity index (χ3v) is 10.1. The van der Waals surface area contributed by atoms with Crippen molar-refractivity contribution in [3.8, 4) is 33.9 Å². The Labute approximate surface area is 264 Å². The molecule has 1 aliphatic rings. The fraction of sp³-hybridized carbons (Fsp3) is 0.0750. The fourth-order valence-corrected chi connectivity index (χ4v) is 7.80. The number of nitrogens with zero attached hydrogens (tertiary/aromatic N) is 3. The van der Waals surface area contributed by atoms with Crippen molar-refractivity contribution in [2.75, 3.05) is 0 Å². The summed E-state index contributed by atoms with van der Waals surface area (Å²) in [6, 6.07) is 38.1. The molecule has 0 saturated heterocycles. The third kappa shape index (κ3) is 4.31. The van der Waals surface area contributed by atoms with Crippen LogP contribution in [-0.2, 0) is 0 Å². The molecule has 0 N–H and O–H groups in total. The van der Waals surface area contributed by atoms with Gasteiger partial charge in [0.05, 0.1) is 0 Å². The van der Waals surface area contributed by atoms with Crippen LogP contribution < -0.4 is 0 Å². The van der Waals surface area contributed by atoms with E-state index in [4.69, 9.17) is 19.4 Å². The average molecular weight is 598 g/mol. The van der Waals surface area contributed by atoms with E-state index < -0.39 is 0 Å². The third-order valence-electron chi connectivity index (χ3n) is 8.86. The summed E-state index contributed by atoms with van der Waals surface area (Å²) in [6.07, 6.45) is 8.58. The fourth-order valence-electron chi connectivity index (χ4n) is 6.56. The van der Waals surface area contributed by atoms with Gasteiger partial charge in [0, 0.05) is 48.0 Å². The van der Waals surface area contributed by atoms with Crippen molar-refractivity contribution < 1.29 is 4.42 Å². The highest BCUT2D eigenvalue weighted by Crippen LogP contribution is 2.41. The van der Waals surface area contributed by atoms with Crippen LogP contribution in [0.1, 0.15) is 18.7 Å². The van der Waals surface area contributed by atoms with Crippen LogP contribution >= 0.6 is 11.3 Å². The second-order valence-electron chi connectivity index (χ2n) is 11.6. The van der Waals surface area contributed by atoms with Crippen molar-refractivity contribution in [2.24, 2.45) is 5.92 Å². The van der Waals surface area contributed by atoms with E-state index in [9.17, 15) is 0 Å². The summed E-state index contributed by atoms with van der Waals surface area (Å²) >= 11 is 1.85. The van der Waals surface area contributed by atoms with Crippen LogP contribution in [0.2, 0.25) is 0 Å². The molecule has 0 radical (unpaired) electrons. The first kappa shape index (κ1) is 26.1. The molecule has 4 nitrogen and oxygen atoms in total. The topological polar surface area (TPSA) is 51.8 Å². The molecule has 0 bridgehead atoms. The minimum absolute atomic E-state index is 0.0561. The Hall–Kier alpha value is -5.39. The van der Waals surface area contributed by atoms with Crippen molar-refractivity contribution in [3.05, 3.63) is 139 Å². The maximum Gasteiger partial charge on any atom is 0.164 e. The zero-order valence-corrected chi connectivity index (χ0v) is 25.3. The molecule has 9 rings (SSSR count). The Balaban J connectivity index is 1.19. The van der Waals surface area contributed by atoms with E-state index in [1.165, 1.54) is 31.3 Å². The first-order valence-corrected chi connectivity index (χ1v) is 16.1. The summed E-state index contributed by atoms with van der Waals surface area (Å²) < 4.78 is 8.82. The van der Waals surface area contributed by atoms with Crippen molar-refractivity contribution >= 4 is 53.4 Å². The minimum Gasteiger partial charge on any atom is -0.456 e. The Bertz CT molecular complexity index is 2470. The van der Waals surface area contributed by atoms with Crippen LogP contribution in [0.3, 0.4) is 0 Å². The van der Waals surface area contributed by atoms with Gasteiger partial charge >= 0.3 is 0 Å². The van der Waals surface area contributed by atoms with Gasteiger partial charge in [-0.05, 0) is 35.2 Å². The predicted octanol–water partition coefficient (Wildman–Crippen LogP) is 11.0. The Morgan fingerprint density at radius 3 is 2.16 bits per heavy atom. The lowest BCUT2D eigenvalue weighted by Crippen LogP contribution is -2.13. The molecule has 214 valence electrons. The van der Waals surface area contributed by atoms with Gasteiger partial charge in [-0.1, -0.05) is 122 Å². The maximum atomic E-state index is 6.21. The van der Waals surface area contributed by atoms with Gasteiger partial charge in [0.25, 0.3) is 0 Å². The first-order chi connectivity index (χ1) is 22.2. The molecular weight excluding hydrogens is 571 g/mol. The molecule has 0 spiro atoms. The average Bonchev–Trinajstić information content (AvgIpc) is 3.67. The molecule has 1 aliphatic carbocycles. The highest BCUT2D eigenvalue weighted by Gasteiger charge is 2.23.